The van der Waals surface area contributed by atoms with Crippen LogP contribution in [0.5, 0.6) is 0 Å². The maximum Gasteiger partial charge on any atom is 0.0677 e. The van der Waals surface area contributed by atoms with Crippen molar-refractivity contribution < 1.29 is 0 Å². The van der Waals surface area contributed by atoms with Gasteiger partial charge in [-0.2, -0.15) is 0 Å². The summed E-state index contributed by atoms with van der Waals surface area (Å²) in [6.07, 6.45) is 14.0. The van der Waals surface area contributed by atoms with Gasteiger partial charge in [-0.1, -0.05) is 55.7 Å². The van der Waals surface area contributed by atoms with Crippen molar-refractivity contribution in [3.8, 4) is 0 Å². The van der Waals surface area contributed by atoms with E-state index in [-0.39, 0.29) is 0 Å². The first-order valence-corrected chi connectivity index (χ1v) is 12.0. The van der Waals surface area contributed by atoms with Crippen LogP contribution in [0, 0.1) is 0 Å². The van der Waals surface area contributed by atoms with Crippen LogP contribution in [-0.4, -0.2) is 19.1 Å². The number of nitrogens with zero attached hydrogens (tertiary/aromatic N) is 4. The highest BCUT2D eigenvalue weighted by atomic mass is 15.0. The average Bonchev–Trinajstić information content (AvgIpc) is 3.37. The van der Waals surface area contributed by atoms with Gasteiger partial charge in [0, 0.05) is 58.1 Å². The molecule has 0 saturated heterocycles. The molecule has 6 rings (SSSR count). The van der Waals surface area contributed by atoms with Crippen LogP contribution in [0.1, 0.15) is 32.1 Å². The molecule has 0 saturated carbocycles. The summed E-state index contributed by atoms with van der Waals surface area (Å²) in [5.74, 6) is 0. The number of para-hydroxylation sites is 2. The molecule has 4 heterocycles. The first kappa shape index (κ1) is 20.0. The van der Waals surface area contributed by atoms with Gasteiger partial charge >= 0.3 is 0 Å². The molecule has 0 aliphatic rings. The van der Waals surface area contributed by atoms with Crippen LogP contribution in [0.25, 0.3) is 43.6 Å². The Hall–Kier alpha value is -3.66. The van der Waals surface area contributed by atoms with Gasteiger partial charge in [0.1, 0.15) is 0 Å². The van der Waals surface area contributed by atoms with Crippen molar-refractivity contribution >= 4 is 43.6 Å². The molecular weight excluding hydrogens is 404 g/mol. The maximum atomic E-state index is 4.38. The molecule has 2 aromatic carbocycles. The Morgan fingerprint density at radius 1 is 0.455 bits per heavy atom. The molecule has 164 valence electrons. The lowest BCUT2D eigenvalue weighted by Crippen LogP contribution is -1.99. The lowest BCUT2D eigenvalue weighted by Gasteiger charge is -2.09. The van der Waals surface area contributed by atoms with Crippen LogP contribution in [0.4, 0.5) is 0 Å². The number of aromatic nitrogens is 4. The summed E-state index contributed by atoms with van der Waals surface area (Å²) in [5.41, 5.74) is 5.14. The van der Waals surface area contributed by atoms with Crippen molar-refractivity contribution in [3.05, 3.63) is 85.5 Å². The summed E-state index contributed by atoms with van der Waals surface area (Å²) in [5, 5.41) is 5.27. The van der Waals surface area contributed by atoms with Crippen LogP contribution < -0.4 is 0 Å². The van der Waals surface area contributed by atoms with E-state index < -0.39 is 0 Å². The lowest BCUT2D eigenvalue weighted by atomic mass is 10.1. The summed E-state index contributed by atoms with van der Waals surface area (Å²) < 4.78 is 4.89. The van der Waals surface area contributed by atoms with Crippen molar-refractivity contribution in [3.63, 3.8) is 0 Å². The van der Waals surface area contributed by atoms with Crippen molar-refractivity contribution in [1.82, 2.24) is 19.1 Å². The average molecular weight is 433 g/mol. The first-order valence-electron chi connectivity index (χ1n) is 12.0. The SMILES string of the molecule is c1ccc2c(c1)c1ccncc1n2CCCCCCCn1c2ccccc2c2ccncc21. The minimum atomic E-state index is 1.05. The van der Waals surface area contributed by atoms with Crippen LogP contribution in [0.3, 0.4) is 0 Å². The van der Waals surface area contributed by atoms with E-state index >= 15 is 0 Å². The molecule has 4 nitrogen and oxygen atoms in total. The Balaban J connectivity index is 1.08. The Morgan fingerprint density at radius 3 is 1.39 bits per heavy atom. The summed E-state index contributed by atoms with van der Waals surface area (Å²) in [4.78, 5) is 8.75. The highest BCUT2D eigenvalue weighted by Crippen LogP contribution is 2.30. The van der Waals surface area contributed by atoms with E-state index in [0.29, 0.717) is 0 Å². The molecule has 0 aliphatic heterocycles. The van der Waals surface area contributed by atoms with Crippen LogP contribution in [0.15, 0.2) is 85.5 Å². The number of rotatable bonds is 8. The second-order valence-corrected chi connectivity index (χ2v) is 8.89. The number of hydrogen-bond donors (Lipinski definition) is 0. The zero-order chi connectivity index (χ0) is 22.0. The zero-order valence-electron chi connectivity index (χ0n) is 18.8. The van der Waals surface area contributed by atoms with Crippen LogP contribution >= 0.6 is 0 Å². The molecule has 4 aromatic heterocycles. The van der Waals surface area contributed by atoms with Crippen LogP contribution in [-0.2, 0) is 13.1 Å². The van der Waals surface area contributed by atoms with E-state index in [4.69, 9.17) is 0 Å². The minimum absolute atomic E-state index is 1.05. The molecule has 0 amide bonds. The summed E-state index contributed by atoms with van der Waals surface area (Å²) >= 11 is 0. The zero-order valence-corrected chi connectivity index (χ0v) is 18.8. The quantitative estimate of drug-likeness (QED) is 0.236. The van der Waals surface area contributed by atoms with Crippen LogP contribution in [0.2, 0.25) is 0 Å². The van der Waals surface area contributed by atoms with Gasteiger partial charge in [-0.3, -0.25) is 9.97 Å². The third-order valence-electron chi connectivity index (χ3n) is 6.92. The Labute approximate surface area is 193 Å². The van der Waals surface area contributed by atoms with Gasteiger partial charge in [-0.05, 0) is 37.1 Å². The number of pyridine rings is 2. The molecule has 33 heavy (non-hydrogen) atoms. The molecule has 0 fully saturated rings. The summed E-state index contributed by atoms with van der Waals surface area (Å²) in [7, 11) is 0. The van der Waals surface area contributed by atoms with Crippen molar-refractivity contribution in [2.24, 2.45) is 0 Å². The largest absolute Gasteiger partial charge is 0.339 e. The molecule has 4 heteroatoms. The monoisotopic (exact) mass is 432 g/mol. The number of hydrogen-bond acceptors (Lipinski definition) is 2. The molecule has 0 N–H and O–H groups in total. The second-order valence-electron chi connectivity index (χ2n) is 8.89. The second kappa shape index (κ2) is 8.70. The topological polar surface area (TPSA) is 35.6 Å². The molecular formula is C29H28N4. The fraction of sp³-hybridized carbons (Fsp3) is 0.241. The molecule has 0 radical (unpaired) electrons. The van der Waals surface area contributed by atoms with Gasteiger partial charge in [0.25, 0.3) is 0 Å². The molecule has 0 atom stereocenters. The summed E-state index contributed by atoms with van der Waals surface area (Å²) in [6, 6.07) is 21.7. The number of aryl methyl sites for hydroxylation is 2. The smallest absolute Gasteiger partial charge is 0.0677 e. The highest BCUT2D eigenvalue weighted by Gasteiger charge is 2.11. The molecule has 0 aliphatic carbocycles. The minimum Gasteiger partial charge on any atom is -0.339 e. The van der Waals surface area contributed by atoms with Gasteiger partial charge < -0.3 is 9.13 Å². The predicted molar refractivity (Wildman–Crippen MR) is 138 cm³/mol. The van der Waals surface area contributed by atoms with Gasteiger partial charge in [0.15, 0.2) is 0 Å². The molecule has 6 aromatic rings. The lowest BCUT2D eigenvalue weighted by molar-refractivity contribution is 0.551. The number of unbranched alkanes of at least 4 members (excludes halogenated alkanes) is 4. The van der Waals surface area contributed by atoms with Gasteiger partial charge in [-0.25, -0.2) is 0 Å². The first-order chi connectivity index (χ1) is 16.4. The molecule has 0 bridgehead atoms. The van der Waals surface area contributed by atoms with E-state index in [0.717, 1.165) is 13.1 Å². The predicted octanol–water partition coefficient (Wildman–Crippen LogP) is 7.34. The number of fused-ring (bicyclic) bond motifs is 6. The third kappa shape index (κ3) is 3.56. The summed E-state index contributed by atoms with van der Waals surface area (Å²) in [6.45, 7) is 2.10. The van der Waals surface area contributed by atoms with E-state index in [1.54, 1.807) is 0 Å². The van der Waals surface area contributed by atoms with Crippen molar-refractivity contribution in [2.75, 3.05) is 0 Å². The van der Waals surface area contributed by atoms with Gasteiger partial charge in [0.2, 0.25) is 0 Å². The van der Waals surface area contributed by atoms with Crippen molar-refractivity contribution in [1.29, 1.82) is 0 Å². The normalized spacial score (nSPS) is 11.9. The highest BCUT2D eigenvalue weighted by molar-refractivity contribution is 6.08. The molecule has 0 spiro atoms. The van der Waals surface area contributed by atoms with E-state index in [9.17, 15) is 0 Å². The third-order valence-corrected chi connectivity index (χ3v) is 6.92. The Bertz CT molecular complexity index is 1330. The molecule has 0 unspecified atom stereocenters. The van der Waals surface area contributed by atoms with Crippen molar-refractivity contribution in [2.45, 2.75) is 45.2 Å². The van der Waals surface area contributed by atoms with Gasteiger partial charge in [0.05, 0.1) is 23.4 Å². The fourth-order valence-corrected chi connectivity index (χ4v) is 5.34. The Morgan fingerprint density at radius 2 is 0.879 bits per heavy atom. The van der Waals surface area contributed by atoms with E-state index in [1.807, 2.05) is 24.8 Å². The Kier molecular flexibility index (Phi) is 5.27. The van der Waals surface area contributed by atoms with E-state index in [1.165, 1.54) is 75.7 Å². The van der Waals surface area contributed by atoms with Gasteiger partial charge in [-0.15, -0.1) is 0 Å². The standard InChI is InChI=1S/C29H28N4/c1(2-8-18-32-26-12-6-4-10-22(26)24-14-16-30-20-28(24)32)3-9-19-33-27-13-7-5-11-23(27)25-15-17-31-21-29(25)33/h4-7,10-17,20-21H,1-3,8-9,18-19H2. The number of benzene rings is 2. The maximum absolute atomic E-state index is 4.38. The van der Waals surface area contributed by atoms with E-state index in [2.05, 4.69) is 79.8 Å². The fourth-order valence-electron chi connectivity index (χ4n) is 5.34.